The minimum Gasteiger partial charge on any atom is -0.496 e. The molecule has 0 aliphatic carbocycles. The summed E-state index contributed by atoms with van der Waals surface area (Å²) in [6.45, 7) is 20.2. The molecule has 0 aliphatic rings. The summed E-state index contributed by atoms with van der Waals surface area (Å²) in [5.74, 6) is 8.42. The van der Waals surface area contributed by atoms with Crippen molar-refractivity contribution in [2.45, 2.75) is 85.5 Å². The van der Waals surface area contributed by atoms with Gasteiger partial charge in [0, 0.05) is 23.5 Å². The number of hydrogen-bond donors (Lipinski definition) is 0. The molecule has 0 aliphatic heterocycles. The van der Waals surface area contributed by atoms with Gasteiger partial charge in [-0.05, 0) is 22.3 Å². The van der Waals surface area contributed by atoms with Gasteiger partial charge in [0.2, 0.25) is 0 Å². The third kappa shape index (κ3) is 4.79. The first-order chi connectivity index (χ1) is 10.9. The Morgan fingerprint density at radius 3 is 1.75 bits per heavy atom. The van der Waals surface area contributed by atoms with Crippen LogP contribution in [0.2, 0.25) is 0 Å². The highest BCUT2D eigenvalue weighted by atomic mass is 16.5. The molecule has 0 aromatic heterocycles. The fourth-order valence-electron chi connectivity index (χ4n) is 2.92. The van der Waals surface area contributed by atoms with Gasteiger partial charge in [-0.3, -0.25) is 0 Å². The van der Waals surface area contributed by atoms with Gasteiger partial charge in [-0.1, -0.05) is 80.4 Å². The van der Waals surface area contributed by atoms with Gasteiger partial charge in [-0.25, -0.2) is 0 Å². The van der Waals surface area contributed by atoms with Crippen molar-refractivity contribution < 1.29 is 4.74 Å². The first-order valence-corrected chi connectivity index (χ1v) is 9.14. The van der Waals surface area contributed by atoms with E-state index in [0.717, 1.165) is 12.2 Å². The molecule has 2 unspecified atom stereocenters. The molecule has 0 N–H and O–H groups in total. The standard InChI is InChI=1S/C23H36O/c1-11-12-13-16(2)17(3)18-14-19(22(4,5)6)21(24-10)20(15-18)23(7,8)9/h14-17H,11H2,1-10H3. The third-order valence-electron chi connectivity index (χ3n) is 4.71. The molecule has 134 valence electrons. The van der Waals surface area contributed by atoms with Gasteiger partial charge in [-0.15, -0.1) is 5.92 Å². The van der Waals surface area contributed by atoms with Gasteiger partial charge in [0.1, 0.15) is 5.75 Å². The fourth-order valence-corrected chi connectivity index (χ4v) is 2.92. The first-order valence-electron chi connectivity index (χ1n) is 9.14. The van der Waals surface area contributed by atoms with Gasteiger partial charge in [-0.2, -0.15) is 0 Å². The lowest BCUT2D eigenvalue weighted by Crippen LogP contribution is -2.20. The lowest BCUT2D eigenvalue weighted by atomic mass is 9.76. The predicted molar refractivity (Wildman–Crippen MR) is 106 cm³/mol. The van der Waals surface area contributed by atoms with Gasteiger partial charge in [0.15, 0.2) is 0 Å². The molecule has 0 bridgehead atoms. The largest absolute Gasteiger partial charge is 0.496 e. The summed E-state index contributed by atoms with van der Waals surface area (Å²) in [4.78, 5) is 0. The highest BCUT2D eigenvalue weighted by Crippen LogP contribution is 2.42. The Morgan fingerprint density at radius 2 is 1.42 bits per heavy atom. The molecular formula is C23H36O. The zero-order chi connectivity index (χ0) is 18.7. The Balaban J connectivity index is 3.58. The third-order valence-corrected chi connectivity index (χ3v) is 4.71. The predicted octanol–water partition coefficient (Wildman–Crippen LogP) is 6.44. The highest BCUT2D eigenvalue weighted by molar-refractivity contribution is 5.51. The molecule has 0 saturated carbocycles. The molecule has 1 aromatic carbocycles. The van der Waals surface area contributed by atoms with E-state index in [-0.39, 0.29) is 10.8 Å². The van der Waals surface area contributed by atoms with Crippen molar-refractivity contribution in [1.29, 1.82) is 0 Å². The molecule has 1 aromatic rings. The lowest BCUT2D eigenvalue weighted by molar-refractivity contribution is 0.380. The van der Waals surface area contributed by atoms with Crippen LogP contribution in [-0.4, -0.2) is 7.11 Å². The van der Waals surface area contributed by atoms with Gasteiger partial charge < -0.3 is 4.74 Å². The van der Waals surface area contributed by atoms with Crippen LogP contribution >= 0.6 is 0 Å². The lowest BCUT2D eigenvalue weighted by Gasteiger charge is -2.31. The molecule has 0 fully saturated rings. The second-order valence-electron chi connectivity index (χ2n) is 8.90. The summed E-state index contributed by atoms with van der Waals surface area (Å²) in [6, 6.07) is 4.67. The van der Waals surface area contributed by atoms with Crippen LogP contribution in [0.4, 0.5) is 0 Å². The Kier molecular flexibility index (Phi) is 6.57. The smallest absolute Gasteiger partial charge is 0.126 e. The summed E-state index contributed by atoms with van der Waals surface area (Å²) < 4.78 is 5.86. The van der Waals surface area contributed by atoms with E-state index in [4.69, 9.17) is 4.74 Å². The maximum atomic E-state index is 5.86. The van der Waals surface area contributed by atoms with E-state index < -0.39 is 0 Å². The highest BCUT2D eigenvalue weighted by Gasteiger charge is 2.28. The summed E-state index contributed by atoms with van der Waals surface area (Å²) in [5.41, 5.74) is 4.02. The van der Waals surface area contributed by atoms with Crippen molar-refractivity contribution in [3.63, 3.8) is 0 Å². The van der Waals surface area contributed by atoms with Crippen LogP contribution in [0.15, 0.2) is 12.1 Å². The summed E-state index contributed by atoms with van der Waals surface area (Å²) in [6.07, 6.45) is 0.917. The zero-order valence-corrected chi connectivity index (χ0v) is 17.4. The fraction of sp³-hybridized carbons (Fsp3) is 0.652. The van der Waals surface area contributed by atoms with Crippen molar-refractivity contribution in [2.24, 2.45) is 5.92 Å². The molecule has 2 atom stereocenters. The molecule has 0 amide bonds. The molecule has 0 radical (unpaired) electrons. The molecule has 0 saturated heterocycles. The molecule has 1 heteroatoms. The van der Waals surface area contributed by atoms with Crippen molar-refractivity contribution in [3.8, 4) is 17.6 Å². The zero-order valence-electron chi connectivity index (χ0n) is 17.4. The van der Waals surface area contributed by atoms with E-state index in [9.17, 15) is 0 Å². The maximum absolute atomic E-state index is 5.86. The van der Waals surface area contributed by atoms with Crippen LogP contribution in [0.25, 0.3) is 0 Å². The van der Waals surface area contributed by atoms with Crippen molar-refractivity contribution >= 4 is 0 Å². The Hall–Kier alpha value is -1.42. The van der Waals surface area contributed by atoms with Crippen LogP contribution in [0.3, 0.4) is 0 Å². The monoisotopic (exact) mass is 328 g/mol. The van der Waals surface area contributed by atoms with Crippen molar-refractivity contribution in [1.82, 2.24) is 0 Å². The van der Waals surface area contributed by atoms with Crippen LogP contribution in [0.1, 0.15) is 91.3 Å². The van der Waals surface area contributed by atoms with E-state index in [2.05, 4.69) is 86.3 Å². The van der Waals surface area contributed by atoms with Crippen LogP contribution in [0.5, 0.6) is 5.75 Å². The number of rotatable bonds is 3. The second-order valence-corrected chi connectivity index (χ2v) is 8.90. The minimum absolute atomic E-state index is 0.0411. The normalized spacial score (nSPS) is 14.6. The molecule has 0 heterocycles. The van der Waals surface area contributed by atoms with E-state index in [0.29, 0.717) is 11.8 Å². The maximum Gasteiger partial charge on any atom is 0.126 e. The van der Waals surface area contributed by atoms with Crippen LogP contribution in [-0.2, 0) is 10.8 Å². The summed E-state index contributed by atoms with van der Waals surface area (Å²) >= 11 is 0. The average Bonchev–Trinajstić information content (AvgIpc) is 2.48. The van der Waals surface area contributed by atoms with E-state index in [1.165, 1.54) is 16.7 Å². The van der Waals surface area contributed by atoms with Crippen molar-refractivity contribution in [3.05, 3.63) is 28.8 Å². The van der Waals surface area contributed by atoms with E-state index in [1.54, 1.807) is 7.11 Å². The number of methoxy groups -OCH3 is 1. The van der Waals surface area contributed by atoms with Crippen LogP contribution in [0, 0.1) is 17.8 Å². The van der Waals surface area contributed by atoms with Gasteiger partial charge in [0.25, 0.3) is 0 Å². The van der Waals surface area contributed by atoms with E-state index >= 15 is 0 Å². The second kappa shape index (κ2) is 7.64. The molecule has 0 spiro atoms. The average molecular weight is 329 g/mol. The Bertz CT molecular complexity index is 579. The summed E-state index contributed by atoms with van der Waals surface area (Å²) in [5, 5.41) is 0. The molecule has 1 rings (SSSR count). The van der Waals surface area contributed by atoms with Crippen molar-refractivity contribution in [2.75, 3.05) is 7.11 Å². The Morgan fingerprint density at radius 1 is 0.958 bits per heavy atom. The van der Waals surface area contributed by atoms with Gasteiger partial charge >= 0.3 is 0 Å². The molecular weight excluding hydrogens is 292 g/mol. The number of hydrogen-bond acceptors (Lipinski definition) is 1. The SMILES string of the molecule is CCC#CC(C)C(C)c1cc(C(C)(C)C)c(OC)c(C(C)(C)C)c1. The Labute approximate surface area is 150 Å². The minimum atomic E-state index is 0.0411. The topological polar surface area (TPSA) is 9.23 Å². The molecule has 24 heavy (non-hydrogen) atoms. The van der Waals surface area contributed by atoms with E-state index in [1.807, 2.05) is 0 Å². The number of ether oxygens (including phenoxy) is 1. The van der Waals surface area contributed by atoms with Gasteiger partial charge in [0.05, 0.1) is 7.11 Å². The van der Waals surface area contributed by atoms with Crippen LogP contribution < -0.4 is 4.74 Å². The quantitative estimate of drug-likeness (QED) is 0.580. The first kappa shape index (κ1) is 20.6. The number of benzene rings is 1. The summed E-state index contributed by atoms with van der Waals surface area (Å²) in [7, 11) is 1.79. The molecule has 1 nitrogen and oxygen atoms in total.